The number of rotatable bonds is 10. The molecule has 1 saturated heterocycles. The normalized spacial score (nSPS) is 15.2. The molecule has 0 aliphatic carbocycles. The minimum Gasteiger partial charge on any atom is -0.480 e. The van der Waals surface area contributed by atoms with E-state index in [0.717, 1.165) is 6.42 Å². The molecular weight excluding hydrogens is 392 g/mol. The smallest absolute Gasteiger partial charge is 0.328 e. The summed E-state index contributed by atoms with van der Waals surface area (Å²) in [5.74, 6) is -3.80. The Labute approximate surface area is 166 Å². The quantitative estimate of drug-likeness (QED) is 0.301. The van der Waals surface area contributed by atoms with Gasteiger partial charge in [0.15, 0.2) is 17.3 Å². The van der Waals surface area contributed by atoms with Crippen LogP contribution in [0.15, 0.2) is 0 Å². The highest BCUT2D eigenvalue weighted by Crippen LogP contribution is 2.42. The predicted molar refractivity (Wildman–Crippen MR) is 101 cm³/mol. The summed E-state index contributed by atoms with van der Waals surface area (Å²) in [7, 11) is 0. The monoisotopic (exact) mass is 417 g/mol. The van der Waals surface area contributed by atoms with Gasteiger partial charge in [-0.05, 0) is 12.8 Å². The second-order valence-electron chi connectivity index (χ2n) is 6.71. The number of carbonyl (C=O) groups is 1. The Morgan fingerprint density at radius 2 is 1.97 bits per heavy atom. The van der Waals surface area contributed by atoms with Crippen molar-refractivity contribution in [2.45, 2.75) is 38.6 Å². The summed E-state index contributed by atoms with van der Waals surface area (Å²) in [4.78, 5) is 23.4. The number of unbranched alkanes of at least 4 members (excludes halogenated alkanes) is 2. The molecule has 0 spiro atoms. The Kier molecular flexibility index (Phi) is 8.09. The Balaban J connectivity index is 2.67. The van der Waals surface area contributed by atoms with E-state index in [1.165, 1.54) is 4.90 Å². The summed E-state index contributed by atoms with van der Waals surface area (Å²) in [6, 6.07) is -1.69. The number of ether oxygens (including phenoxy) is 1. The van der Waals surface area contributed by atoms with Gasteiger partial charge >= 0.3 is 11.7 Å². The molecule has 1 atom stereocenters. The minimum atomic E-state index is -1.69. The van der Waals surface area contributed by atoms with Crippen LogP contribution in [0.1, 0.15) is 31.7 Å². The van der Waals surface area contributed by atoms with Crippen LogP contribution < -0.4 is 10.2 Å². The molecule has 2 rings (SSSR count). The number of morpholine rings is 1. The van der Waals surface area contributed by atoms with E-state index in [9.17, 15) is 20.0 Å². The summed E-state index contributed by atoms with van der Waals surface area (Å²) in [5.41, 5.74) is -2.30. The average Bonchev–Trinajstić information content (AvgIpc) is 2.69. The fraction of sp³-hybridized carbons (Fsp3) is 0.611. The summed E-state index contributed by atoms with van der Waals surface area (Å²) >= 11 is 0. The van der Waals surface area contributed by atoms with Crippen molar-refractivity contribution in [3.05, 3.63) is 27.3 Å². The number of carboxylic acids is 1. The van der Waals surface area contributed by atoms with Crippen LogP contribution in [0.25, 0.3) is 0 Å². The Hall–Kier alpha value is -2.53. The van der Waals surface area contributed by atoms with Gasteiger partial charge in [-0.1, -0.05) is 19.8 Å². The maximum absolute atomic E-state index is 15.3. The molecule has 1 aromatic carbocycles. The molecular formula is C18H25F2N3O6. The Morgan fingerprint density at radius 1 is 1.31 bits per heavy atom. The molecule has 11 heteroatoms. The molecule has 1 fully saturated rings. The number of carboxylic acid groups (broad SMARTS) is 1. The van der Waals surface area contributed by atoms with Crippen LogP contribution in [0.4, 0.5) is 25.8 Å². The first kappa shape index (κ1) is 22.8. The average molecular weight is 417 g/mol. The largest absolute Gasteiger partial charge is 0.480 e. The van der Waals surface area contributed by atoms with Crippen LogP contribution in [-0.2, 0) is 16.0 Å². The molecule has 0 unspecified atom stereocenters. The summed E-state index contributed by atoms with van der Waals surface area (Å²) in [6.07, 6.45) is 1.94. The van der Waals surface area contributed by atoms with Crippen molar-refractivity contribution in [1.82, 2.24) is 0 Å². The third kappa shape index (κ3) is 5.10. The number of nitro benzene ring substituents is 1. The molecule has 0 radical (unpaired) electrons. The molecule has 1 aliphatic rings. The van der Waals surface area contributed by atoms with E-state index in [1.54, 1.807) is 0 Å². The van der Waals surface area contributed by atoms with Crippen molar-refractivity contribution in [1.29, 1.82) is 0 Å². The molecule has 0 saturated carbocycles. The zero-order chi connectivity index (χ0) is 21.6. The molecule has 1 heterocycles. The number of benzene rings is 1. The molecule has 3 N–H and O–H groups in total. The second-order valence-corrected chi connectivity index (χ2v) is 6.71. The predicted octanol–water partition coefficient (Wildman–Crippen LogP) is 2.30. The third-order valence-electron chi connectivity index (χ3n) is 4.76. The van der Waals surface area contributed by atoms with Crippen LogP contribution >= 0.6 is 0 Å². The van der Waals surface area contributed by atoms with Crippen LogP contribution in [-0.4, -0.2) is 60.1 Å². The zero-order valence-corrected chi connectivity index (χ0v) is 16.1. The van der Waals surface area contributed by atoms with Crippen molar-refractivity contribution in [3.8, 4) is 0 Å². The topological polar surface area (TPSA) is 125 Å². The van der Waals surface area contributed by atoms with E-state index in [-0.39, 0.29) is 38.3 Å². The van der Waals surface area contributed by atoms with Gasteiger partial charge in [-0.2, -0.15) is 0 Å². The van der Waals surface area contributed by atoms with Crippen LogP contribution in [0.5, 0.6) is 0 Å². The van der Waals surface area contributed by atoms with E-state index < -0.39 is 52.2 Å². The first-order valence-corrected chi connectivity index (χ1v) is 9.44. The number of aliphatic hydroxyl groups is 1. The molecule has 1 aliphatic heterocycles. The highest BCUT2D eigenvalue weighted by Gasteiger charge is 2.35. The maximum atomic E-state index is 15.3. The van der Waals surface area contributed by atoms with E-state index in [1.807, 2.05) is 6.92 Å². The van der Waals surface area contributed by atoms with Crippen LogP contribution in [0, 0.1) is 21.7 Å². The number of nitrogens with zero attached hydrogens (tertiary/aromatic N) is 2. The van der Waals surface area contributed by atoms with Crippen molar-refractivity contribution in [2.75, 3.05) is 43.1 Å². The lowest BCUT2D eigenvalue weighted by Gasteiger charge is -2.31. The third-order valence-corrected chi connectivity index (χ3v) is 4.76. The van der Waals surface area contributed by atoms with Gasteiger partial charge in [0.1, 0.15) is 11.7 Å². The number of aliphatic carboxylic acids is 1. The number of halogens is 2. The first-order chi connectivity index (χ1) is 13.8. The number of hydrogen-bond donors (Lipinski definition) is 3. The van der Waals surface area contributed by atoms with Crippen molar-refractivity contribution >= 4 is 23.0 Å². The van der Waals surface area contributed by atoms with Gasteiger partial charge < -0.3 is 25.2 Å². The second kappa shape index (κ2) is 10.3. The lowest BCUT2D eigenvalue weighted by molar-refractivity contribution is -0.385. The summed E-state index contributed by atoms with van der Waals surface area (Å²) in [5, 5.41) is 32.3. The molecule has 0 aromatic heterocycles. The fourth-order valence-corrected chi connectivity index (χ4v) is 3.25. The first-order valence-electron chi connectivity index (χ1n) is 9.44. The van der Waals surface area contributed by atoms with E-state index in [2.05, 4.69) is 5.32 Å². The van der Waals surface area contributed by atoms with Crippen LogP contribution in [0.2, 0.25) is 0 Å². The number of aliphatic hydroxyl groups excluding tert-OH is 1. The van der Waals surface area contributed by atoms with E-state index >= 15 is 8.78 Å². The molecule has 0 bridgehead atoms. The molecule has 162 valence electrons. The van der Waals surface area contributed by atoms with Crippen molar-refractivity contribution in [2.24, 2.45) is 0 Å². The molecule has 9 nitrogen and oxygen atoms in total. The van der Waals surface area contributed by atoms with Gasteiger partial charge in [0.25, 0.3) is 0 Å². The number of nitrogens with one attached hydrogen (secondary N) is 1. The van der Waals surface area contributed by atoms with Crippen LogP contribution in [0.3, 0.4) is 0 Å². The standard InChI is InChI=1S/C18H25F2N3O6/c1-2-3-4-5-11-13(19)17(22-6-8-29-9-7-22)14(20)15(16(11)23(27)28)21-12(10-24)18(25)26/h12,21,24H,2-10H2,1H3,(H,25,26)/t12-/m0/s1. The number of anilines is 2. The lowest BCUT2D eigenvalue weighted by Crippen LogP contribution is -2.38. The van der Waals surface area contributed by atoms with Gasteiger partial charge in [-0.15, -0.1) is 0 Å². The number of nitro groups is 1. The maximum Gasteiger partial charge on any atom is 0.328 e. The highest BCUT2D eigenvalue weighted by molar-refractivity contribution is 5.82. The summed E-state index contributed by atoms with van der Waals surface area (Å²) in [6.45, 7) is 1.82. The zero-order valence-electron chi connectivity index (χ0n) is 16.1. The molecule has 0 amide bonds. The van der Waals surface area contributed by atoms with Gasteiger partial charge in [-0.3, -0.25) is 10.1 Å². The van der Waals surface area contributed by atoms with E-state index in [0.29, 0.717) is 12.8 Å². The van der Waals surface area contributed by atoms with E-state index in [4.69, 9.17) is 9.84 Å². The molecule has 1 aromatic rings. The van der Waals surface area contributed by atoms with Gasteiger partial charge in [0.2, 0.25) is 0 Å². The molecule has 29 heavy (non-hydrogen) atoms. The Morgan fingerprint density at radius 3 is 2.48 bits per heavy atom. The Bertz CT molecular complexity index is 756. The van der Waals surface area contributed by atoms with Crippen molar-refractivity contribution < 1.29 is 33.4 Å². The van der Waals surface area contributed by atoms with Gasteiger partial charge in [0, 0.05) is 13.1 Å². The highest BCUT2D eigenvalue weighted by atomic mass is 19.1. The van der Waals surface area contributed by atoms with Crippen molar-refractivity contribution in [3.63, 3.8) is 0 Å². The minimum absolute atomic E-state index is 0.000843. The SMILES string of the molecule is CCCCCc1c(F)c(N2CCOCC2)c(F)c(N[C@@H](CO)C(=O)O)c1[N+](=O)[O-]. The fourth-order valence-electron chi connectivity index (χ4n) is 3.25. The lowest BCUT2D eigenvalue weighted by atomic mass is 10.0. The number of hydrogen-bond acceptors (Lipinski definition) is 7. The summed E-state index contributed by atoms with van der Waals surface area (Å²) < 4.78 is 35.8. The van der Waals surface area contributed by atoms with Gasteiger partial charge in [0.05, 0.1) is 30.3 Å². The van der Waals surface area contributed by atoms with Gasteiger partial charge in [-0.25, -0.2) is 13.6 Å².